The molecule has 0 saturated carbocycles. The summed E-state index contributed by atoms with van der Waals surface area (Å²) in [5, 5.41) is 8.09. The first-order valence-electron chi connectivity index (χ1n) is 9.99. The van der Waals surface area contributed by atoms with Crippen LogP contribution in [0.25, 0.3) is 17.5 Å². The van der Waals surface area contributed by atoms with Crippen molar-refractivity contribution in [3.05, 3.63) is 106 Å². The Morgan fingerprint density at radius 3 is 2.50 bits per heavy atom. The van der Waals surface area contributed by atoms with E-state index in [-0.39, 0.29) is 11.7 Å². The average Bonchev–Trinajstić information content (AvgIpc) is 3.23. The van der Waals surface area contributed by atoms with Crippen LogP contribution < -0.4 is 5.32 Å². The van der Waals surface area contributed by atoms with Gasteiger partial charge in [-0.15, -0.1) is 5.10 Å². The maximum atomic E-state index is 13.2. The molecule has 0 bridgehead atoms. The number of rotatable bonds is 6. The smallest absolute Gasteiger partial charge is 0.274 e. The Hall–Kier alpha value is -3.77. The van der Waals surface area contributed by atoms with E-state index >= 15 is 0 Å². The van der Waals surface area contributed by atoms with Crippen molar-refractivity contribution >= 4 is 29.5 Å². The predicted molar refractivity (Wildman–Crippen MR) is 125 cm³/mol. The van der Waals surface area contributed by atoms with Crippen molar-refractivity contribution in [3.63, 3.8) is 0 Å². The molecule has 0 radical (unpaired) electrons. The number of benzene rings is 3. The molecule has 5 nitrogen and oxygen atoms in total. The summed E-state index contributed by atoms with van der Waals surface area (Å²) in [4.78, 5) is 17.5. The second kappa shape index (κ2) is 9.58. The fraction of sp³-hybridized carbons (Fsp3) is 0.0800. The third kappa shape index (κ3) is 5.10. The first-order valence-corrected chi connectivity index (χ1v) is 10.4. The quantitative estimate of drug-likeness (QED) is 0.368. The number of nitrogens with zero attached hydrogens (tertiary/aromatic N) is 3. The highest BCUT2D eigenvalue weighted by Crippen LogP contribution is 2.20. The topological polar surface area (TPSA) is 59.8 Å². The van der Waals surface area contributed by atoms with E-state index in [0.717, 1.165) is 22.3 Å². The molecule has 0 aliphatic carbocycles. The lowest BCUT2D eigenvalue weighted by atomic mass is 10.1. The molecule has 0 unspecified atom stereocenters. The summed E-state index contributed by atoms with van der Waals surface area (Å²) in [7, 11) is 0. The first-order chi connectivity index (χ1) is 15.5. The van der Waals surface area contributed by atoms with Gasteiger partial charge in [-0.05, 0) is 42.3 Å². The highest BCUT2D eigenvalue weighted by Gasteiger charge is 2.16. The van der Waals surface area contributed by atoms with Crippen molar-refractivity contribution in [1.82, 2.24) is 14.8 Å². The lowest BCUT2D eigenvalue weighted by molar-refractivity contribution is 0.0957. The van der Waals surface area contributed by atoms with E-state index in [2.05, 4.69) is 15.4 Å². The van der Waals surface area contributed by atoms with Crippen LogP contribution in [0.15, 0.2) is 78.9 Å². The van der Waals surface area contributed by atoms with Crippen molar-refractivity contribution in [1.29, 1.82) is 0 Å². The van der Waals surface area contributed by atoms with Crippen molar-refractivity contribution in [2.75, 3.05) is 5.32 Å². The Bertz CT molecular complexity index is 1260. The fourth-order valence-electron chi connectivity index (χ4n) is 3.03. The molecule has 0 amide bonds. The number of carbonyl (C=O) groups is 1. The van der Waals surface area contributed by atoms with Crippen LogP contribution in [0, 0.1) is 12.7 Å². The summed E-state index contributed by atoms with van der Waals surface area (Å²) in [6, 6.07) is 21.1. The van der Waals surface area contributed by atoms with Crippen LogP contribution >= 0.6 is 11.6 Å². The second-order valence-corrected chi connectivity index (χ2v) is 7.62. The van der Waals surface area contributed by atoms with Crippen LogP contribution in [-0.4, -0.2) is 20.7 Å². The summed E-state index contributed by atoms with van der Waals surface area (Å²) in [6.45, 7) is 2.35. The molecule has 0 fully saturated rings. The Balaban J connectivity index is 1.63. The van der Waals surface area contributed by atoms with E-state index in [1.165, 1.54) is 22.9 Å². The van der Waals surface area contributed by atoms with Gasteiger partial charge in [-0.25, -0.2) is 4.39 Å². The largest absolute Gasteiger partial charge is 0.350 e. The number of anilines is 1. The van der Waals surface area contributed by atoms with Crippen LogP contribution in [0.5, 0.6) is 0 Å². The van der Waals surface area contributed by atoms with Crippen LogP contribution in [0.3, 0.4) is 0 Å². The highest BCUT2D eigenvalue weighted by atomic mass is 35.5. The van der Waals surface area contributed by atoms with Crippen molar-refractivity contribution in [3.8, 4) is 11.4 Å². The molecule has 0 aliphatic heterocycles. The third-order valence-corrected chi connectivity index (χ3v) is 5.14. The molecule has 32 heavy (non-hydrogen) atoms. The summed E-state index contributed by atoms with van der Waals surface area (Å²) in [5.41, 5.74) is 3.47. The van der Waals surface area contributed by atoms with Gasteiger partial charge in [-0.1, -0.05) is 71.8 Å². The van der Waals surface area contributed by atoms with Crippen LogP contribution in [0.1, 0.15) is 21.5 Å². The third-order valence-electron chi connectivity index (χ3n) is 4.80. The molecule has 0 spiro atoms. The summed E-state index contributed by atoms with van der Waals surface area (Å²) < 4.78 is 14.4. The summed E-state index contributed by atoms with van der Waals surface area (Å²) in [5.74, 6) is 0.0284. The zero-order chi connectivity index (χ0) is 22.5. The minimum absolute atomic E-state index is 0.290. The first kappa shape index (κ1) is 21.5. The maximum absolute atomic E-state index is 13.2. The lowest BCUT2D eigenvalue weighted by Gasteiger charge is -2.06. The van der Waals surface area contributed by atoms with Gasteiger partial charge in [0.15, 0.2) is 5.82 Å². The van der Waals surface area contributed by atoms with Gasteiger partial charge in [0.25, 0.3) is 5.91 Å². The number of nitrogens with one attached hydrogen (secondary N) is 1. The SMILES string of the molecule is Cc1ccc(-c2nc(NCc3ccc(F)cc3)n(C(=O)C=Cc3ccccc3Cl)n2)cc1. The highest BCUT2D eigenvalue weighted by molar-refractivity contribution is 6.32. The van der Waals surface area contributed by atoms with E-state index in [4.69, 9.17) is 11.6 Å². The Morgan fingerprint density at radius 1 is 1.06 bits per heavy atom. The minimum atomic E-state index is -0.377. The van der Waals surface area contributed by atoms with Gasteiger partial charge < -0.3 is 5.32 Å². The van der Waals surface area contributed by atoms with Gasteiger partial charge in [0, 0.05) is 23.2 Å². The molecule has 160 valence electrons. The zero-order valence-electron chi connectivity index (χ0n) is 17.3. The molecule has 1 aromatic heterocycles. The fourth-order valence-corrected chi connectivity index (χ4v) is 3.23. The van der Waals surface area contributed by atoms with Gasteiger partial charge >= 0.3 is 0 Å². The molecule has 1 N–H and O–H groups in total. The van der Waals surface area contributed by atoms with E-state index in [9.17, 15) is 9.18 Å². The Morgan fingerprint density at radius 2 is 1.78 bits per heavy atom. The molecule has 0 atom stereocenters. The average molecular weight is 447 g/mol. The van der Waals surface area contributed by atoms with Crippen molar-refractivity contribution < 1.29 is 9.18 Å². The zero-order valence-corrected chi connectivity index (χ0v) is 18.1. The van der Waals surface area contributed by atoms with Gasteiger partial charge in [-0.2, -0.15) is 9.67 Å². The number of halogens is 2. The monoisotopic (exact) mass is 446 g/mol. The van der Waals surface area contributed by atoms with Crippen molar-refractivity contribution in [2.24, 2.45) is 0 Å². The standard InChI is InChI=1S/C25H20ClFN4O/c1-17-6-10-20(11-7-17)24-29-25(28-16-18-8-13-21(27)14-9-18)31(30-24)23(32)15-12-19-4-2-3-5-22(19)26/h2-15H,16H2,1H3,(H,28,29,30). The van der Waals surface area contributed by atoms with Crippen LogP contribution in [0.4, 0.5) is 10.3 Å². The van der Waals surface area contributed by atoms with E-state index < -0.39 is 0 Å². The number of hydrogen-bond donors (Lipinski definition) is 1. The molecule has 3 aromatic carbocycles. The Labute approximate surface area is 190 Å². The van der Waals surface area contributed by atoms with Gasteiger partial charge in [0.05, 0.1) is 0 Å². The predicted octanol–water partition coefficient (Wildman–Crippen LogP) is 6.01. The molecule has 7 heteroatoms. The summed E-state index contributed by atoms with van der Waals surface area (Å²) in [6.07, 6.45) is 3.04. The van der Waals surface area contributed by atoms with Crippen LogP contribution in [0.2, 0.25) is 5.02 Å². The number of aromatic nitrogens is 3. The molecule has 4 aromatic rings. The lowest BCUT2D eigenvalue weighted by Crippen LogP contribution is -2.14. The minimum Gasteiger partial charge on any atom is -0.350 e. The Kier molecular flexibility index (Phi) is 6.42. The van der Waals surface area contributed by atoms with Gasteiger partial charge in [-0.3, -0.25) is 4.79 Å². The molecule has 1 heterocycles. The van der Waals surface area contributed by atoms with E-state index in [0.29, 0.717) is 23.3 Å². The summed E-state index contributed by atoms with van der Waals surface area (Å²) >= 11 is 6.17. The second-order valence-electron chi connectivity index (χ2n) is 7.21. The van der Waals surface area contributed by atoms with E-state index in [1.54, 1.807) is 24.3 Å². The molecular weight excluding hydrogens is 427 g/mol. The molecule has 4 rings (SSSR count). The van der Waals surface area contributed by atoms with Gasteiger partial charge in [0.1, 0.15) is 5.82 Å². The molecular formula is C25H20ClFN4O. The number of allylic oxidation sites excluding steroid dienone is 1. The maximum Gasteiger partial charge on any atom is 0.274 e. The van der Waals surface area contributed by atoms with E-state index in [1.807, 2.05) is 49.4 Å². The molecule has 0 aliphatic rings. The normalized spacial score (nSPS) is 11.1. The van der Waals surface area contributed by atoms with Gasteiger partial charge in [0.2, 0.25) is 5.95 Å². The molecule has 0 saturated heterocycles. The number of aryl methyl sites for hydroxylation is 1. The number of hydrogen-bond acceptors (Lipinski definition) is 4. The van der Waals surface area contributed by atoms with Crippen molar-refractivity contribution in [2.45, 2.75) is 13.5 Å². The van der Waals surface area contributed by atoms with Crippen LogP contribution in [-0.2, 0) is 6.54 Å². The number of carbonyl (C=O) groups excluding carboxylic acids is 1.